The van der Waals surface area contributed by atoms with Crippen molar-refractivity contribution in [2.24, 2.45) is 0 Å². The highest BCUT2D eigenvalue weighted by molar-refractivity contribution is 6.31. The predicted molar refractivity (Wildman–Crippen MR) is 136 cm³/mol. The number of hydrogen-bond donors (Lipinski definition) is 3. The summed E-state index contributed by atoms with van der Waals surface area (Å²) < 4.78 is 49.0. The number of halogens is 5. The number of alkyl halides is 3. The number of hydrogen-bond acceptors (Lipinski definition) is 7. The third-order valence-electron chi connectivity index (χ3n) is 5.36. The Hall–Kier alpha value is -5.05. The Balaban J connectivity index is 0.000000411. The molecule has 204 valence electrons. The van der Waals surface area contributed by atoms with Crippen LogP contribution in [0.2, 0.25) is 5.02 Å². The third-order valence-corrected chi connectivity index (χ3v) is 5.60. The molecule has 0 spiro atoms. The molecule has 0 aliphatic carbocycles. The van der Waals surface area contributed by atoms with Gasteiger partial charge in [-0.2, -0.15) is 23.1 Å². The lowest BCUT2D eigenvalue weighted by Gasteiger charge is -2.09. The number of anilines is 1. The summed E-state index contributed by atoms with van der Waals surface area (Å²) in [7, 11) is 0. The van der Waals surface area contributed by atoms with Crippen molar-refractivity contribution in [2.45, 2.75) is 12.7 Å². The Bertz CT molecular complexity index is 1820. The molecule has 0 saturated heterocycles. The second-order valence-electron chi connectivity index (χ2n) is 8.11. The number of carboxylic acid groups (broad SMARTS) is 1. The van der Waals surface area contributed by atoms with Gasteiger partial charge >= 0.3 is 12.1 Å². The molecule has 0 amide bonds. The van der Waals surface area contributed by atoms with Gasteiger partial charge in [-0.15, -0.1) is 0 Å². The van der Waals surface area contributed by atoms with E-state index in [0.29, 0.717) is 46.0 Å². The highest BCUT2D eigenvalue weighted by Crippen LogP contribution is 2.24. The number of rotatable bonds is 5. The van der Waals surface area contributed by atoms with E-state index in [9.17, 15) is 17.6 Å². The zero-order valence-electron chi connectivity index (χ0n) is 19.9. The quantitative estimate of drug-likeness (QED) is 0.247. The van der Waals surface area contributed by atoms with E-state index >= 15 is 0 Å². The SMILES string of the molecule is Fc1cccc(-n2cnc3c(NCc4nc5ccc(Cl)cc5[nH]4)nc(-n4ccnc4)nc32)c1.O=C(O)C(F)(F)F. The number of nitrogens with zero attached hydrogens (tertiary/aromatic N) is 7. The van der Waals surface area contributed by atoms with E-state index in [1.54, 1.807) is 52.4 Å². The number of H-pyrrole nitrogens is 1. The molecule has 0 aliphatic rings. The molecule has 0 radical (unpaired) electrons. The van der Waals surface area contributed by atoms with Crippen molar-refractivity contribution >= 4 is 45.6 Å². The maximum absolute atomic E-state index is 13.9. The molecule has 0 saturated carbocycles. The van der Waals surface area contributed by atoms with E-state index in [1.807, 2.05) is 12.1 Å². The number of imidazole rings is 3. The summed E-state index contributed by atoms with van der Waals surface area (Å²) in [5.74, 6) is -1.48. The lowest BCUT2D eigenvalue weighted by Crippen LogP contribution is -2.21. The van der Waals surface area contributed by atoms with Gasteiger partial charge in [0.05, 0.1) is 23.3 Å². The van der Waals surface area contributed by atoms with Crippen LogP contribution in [0.1, 0.15) is 5.82 Å². The van der Waals surface area contributed by atoms with E-state index in [2.05, 4.69) is 35.2 Å². The number of benzene rings is 2. The molecular formula is C24H16ClF4N9O2. The molecule has 4 aromatic heterocycles. The van der Waals surface area contributed by atoms with Gasteiger partial charge < -0.3 is 15.4 Å². The van der Waals surface area contributed by atoms with Gasteiger partial charge in [-0.25, -0.2) is 24.1 Å². The molecule has 2 aromatic carbocycles. The Kier molecular flexibility index (Phi) is 7.04. The fourth-order valence-corrected chi connectivity index (χ4v) is 3.78. The second-order valence-corrected chi connectivity index (χ2v) is 8.55. The van der Waals surface area contributed by atoms with E-state index in [4.69, 9.17) is 21.5 Å². The molecule has 16 heteroatoms. The largest absolute Gasteiger partial charge is 0.490 e. The first-order valence-corrected chi connectivity index (χ1v) is 11.6. The Morgan fingerprint density at radius 2 is 1.90 bits per heavy atom. The smallest absolute Gasteiger partial charge is 0.475 e. The summed E-state index contributed by atoms with van der Waals surface area (Å²) >= 11 is 6.07. The lowest BCUT2D eigenvalue weighted by molar-refractivity contribution is -0.192. The first-order valence-electron chi connectivity index (χ1n) is 11.3. The topological polar surface area (TPSA) is 139 Å². The number of carbonyl (C=O) groups is 1. The zero-order chi connectivity index (χ0) is 28.4. The summed E-state index contributed by atoms with van der Waals surface area (Å²) in [5.41, 5.74) is 3.34. The van der Waals surface area contributed by atoms with Gasteiger partial charge in [0, 0.05) is 17.4 Å². The van der Waals surface area contributed by atoms with E-state index in [1.165, 1.54) is 12.1 Å². The van der Waals surface area contributed by atoms with Crippen molar-refractivity contribution in [1.82, 2.24) is 39.0 Å². The molecule has 0 fully saturated rings. The van der Waals surface area contributed by atoms with Crippen LogP contribution in [0.3, 0.4) is 0 Å². The average molecular weight is 574 g/mol. The fraction of sp³-hybridized carbons (Fsp3) is 0.0833. The van der Waals surface area contributed by atoms with Crippen LogP contribution in [0, 0.1) is 5.82 Å². The van der Waals surface area contributed by atoms with Crippen LogP contribution in [-0.2, 0) is 11.3 Å². The molecule has 6 rings (SSSR count). The van der Waals surface area contributed by atoms with Crippen LogP contribution in [0.4, 0.5) is 23.4 Å². The molecule has 0 unspecified atom stereocenters. The number of nitrogens with one attached hydrogen (secondary N) is 2. The van der Waals surface area contributed by atoms with Gasteiger partial charge in [0.1, 0.15) is 24.3 Å². The molecule has 4 heterocycles. The van der Waals surface area contributed by atoms with E-state index in [-0.39, 0.29) is 5.82 Å². The van der Waals surface area contributed by atoms with Gasteiger partial charge in [0.25, 0.3) is 0 Å². The Labute approximate surface area is 226 Å². The standard InChI is InChI=1S/C22H15ClFN9.C2HF3O2/c23-13-4-5-16-17(8-13)29-18(28-16)10-26-20-19-21(31-22(30-20)32-7-6-25-11-32)33(12-27-19)15-3-1-2-14(24)9-15;3-2(4,5)1(6)7/h1-9,11-12H,10H2,(H,28,29)(H,26,30,31);(H,6,7). The second kappa shape index (κ2) is 10.6. The minimum Gasteiger partial charge on any atom is -0.475 e. The normalized spacial score (nSPS) is 11.4. The van der Waals surface area contributed by atoms with Crippen molar-refractivity contribution in [3.63, 3.8) is 0 Å². The van der Waals surface area contributed by atoms with Gasteiger partial charge in [-0.3, -0.25) is 9.13 Å². The van der Waals surface area contributed by atoms with Gasteiger partial charge in [-0.1, -0.05) is 17.7 Å². The molecular weight excluding hydrogens is 558 g/mol. The molecule has 0 atom stereocenters. The molecule has 6 aromatic rings. The number of aromatic nitrogens is 8. The first kappa shape index (κ1) is 26.6. The van der Waals surface area contributed by atoms with Gasteiger partial charge in [-0.05, 0) is 36.4 Å². The van der Waals surface area contributed by atoms with Crippen LogP contribution in [0.15, 0.2) is 67.5 Å². The number of carboxylic acids is 1. The maximum Gasteiger partial charge on any atom is 0.490 e. The van der Waals surface area contributed by atoms with Crippen LogP contribution < -0.4 is 5.32 Å². The van der Waals surface area contributed by atoms with E-state index in [0.717, 1.165) is 11.0 Å². The van der Waals surface area contributed by atoms with Gasteiger partial charge in [0.15, 0.2) is 17.0 Å². The summed E-state index contributed by atoms with van der Waals surface area (Å²) in [6, 6.07) is 11.7. The van der Waals surface area contributed by atoms with Crippen molar-refractivity contribution in [3.05, 3.63) is 84.2 Å². The highest BCUT2D eigenvalue weighted by atomic mass is 35.5. The van der Waals surface area contributed by atoms with Crippen molar-refractivity contribution in [3.8, 4) is 11.6 Å². The number of fused-ring (bicyclic) bond motifs is 2. The minimum atomic E-state index is -5.08. The zero-order valence-corrected chi connectivity index (χ0v) is 20.7. The maximum atomic E-state index is 13.9. The lowest BCUT2D eigenvalue weighted by atomic mass is 10.3. The molecule has 11 nitrogen and oxygen atoms in total. The summed E-state index contributed by atoms with van der Waals surface area (Å²) in [5, 5.41) is 11.1. The third kappa shape index (κ3) is 5.68. The van der Waals surface area contributed by atoms with Crippen LogP contribution in [0.5, 0.6) is 0 Å². The highest BCUT2D eigenvalue weighted by Gasteiger charge is 2.38. The van der Waals surface area contributed by atoms with Crippen LogP contribution in [0.25, 0.3) is 33.8 Å². The molecule has 40 heavy (non-hydrogen) atoms. The average Bonchev–Trinajstić information content (AvgIpc) is 3.66. The summed E-state index contributed by atoms with van der Waals surface area (Å²) in [6.07, 6.45) is 1.51. The fourth-order valence-electron chi connectivity index (χ4n) is 3.61. The van der Waals surface area contributed by atoms with Gasteiger partial charge in [0.2, 0.25) is 5.95 Å². The van der Waals surface area contributed by atoms with Crippen LogP contribution in [-0.4, -0.2) is 56.3 Å². The number of aromatic amines is 1. The van der Waals surface area contributed by atoms with E-state index < -0.39 is 12.1 Å². The molecule has 0 bridgehead atoms. The monoisotopic (exact) mass is 573 g/mol. The van der Waals surface area contributed by atoms with Crippen molar-refractivity contribution in [2.75, 3.05) is 5.32 Å². The minimum absolute atomic E-state index is 0.346. The molecule has 0 aliphatic heterocycles. The molecule has 3 N–H and O–H groups in total. The predicted octanol–water partition coefficient (Wildman–Crippen LogP) is 4.92. The van der Waals surface area contributed by atoms with Crippen molar-refractivity contribution < 1.29 is 27.5 Å². The first-order chi connectivity index (χ1) is 19.1. The Morgan fingerprint density at radius 3 is 2.60 bits per heavy atom. The van der Waals surface area contributed by atoms with Crippen LogP contribution >= 0.6 is 11.6 Å². The number of aliphatic carboxylic acids is 1. The van der Waals surface area contributed by atoms with Crippen molar-refractivity contribution in [1.29, 1.82) is 0 Å². The summed E-state index contributed by atoms with van der Waals surface area (Å²) in [4.78, 5) is 34.6. The summed E-state index contributed by atoms with van der Waals surface area (Å²) in [6.45, 7) is 0.370. The Morgan fingerprint density at radius 1 is 1.10 bits per heavy atom.